The van der Waals surface area contributed by atoms with E-state index in [2.05, 4.69) is 10.3 Å². The van der Waals surface area contributed by atoms with Gasteiger partial charge < -0.3 is 10.1 Å². The van der Waals surface area contributed by atoms with E-state index in [1.807, 2.05) is 6.07 Å². The Bertz CT molecular complexity index is 1400. The number of carbonyl (C=O) groups is 2. The quantitative estimate of drug-likeness (QED) is 0.489. The monoisotopic (exact) mass is 484 g/mol. The maximum atomic E-state index is 12.9. The van der Waals surface area contributed by atoms with Crippen molar-refractivity contribution in [3.05, 3.63) is 82.1 Å². The zero-order valence-corrected chi connectivity index (χ0v) is 18.8. The maximum absolute atomic E-state index is 12.9. The molecule has 168 valence electrons. The molecule has 0 fully saturated rings. The Labute approximate surface area is 194 Å². The second kappa shape index (κ2) is 9.79. The summed E-state index contributed by atoms with van der Waals surface area (Å²) in [4.78, 5) is 29.2. The van der Waals surface area contributed by atoms with Crippen LogP contribution in [0.3, 0.4) is 0 Å². The van der Waals surface area contributed by atoms with E-state index in [-0.39, 0.29) is 32.6 Å². The number of amides is 1. The van der Waals surface area contributed by atoms with Crippen molar-refractivity contribution in [1.82, 2.24) is 4.98 Å². The molecule has 11 heteroatoms. The van der Waals surface area contributed by atoms with E-state index >= 15 is 0 Å². The highest BCUT2D eigenvalue weighted by molar-refractivity contribution is 7.89. The average Bonchev–Trinajstić information content (AvgIpc) is 2.78. The van der Waals surface area contributed by atoms with Crippen molar-refractivity contribution in [2.24, 2.45) is 5.14 Å². The van der Waals surface area contributed by atoms with Gasteiger partial charge in [-0.3, -0.25) is 9.59 Å². The van der Waals surface area contributed by atoms with Gasteiger partial charge in [0.15, 0.2) is 6.61 Å². The molecule has 2 aromatic carbocycles. The number of rotatable bonds is 7. The summed E-state index contributed by atoms with van der Waals surface area (Å²) in [6.45, 7) is 1.17. The fourth-order valence-corrected chi connectivity index (χ4v) is 3.62. The molecular formula is C22H17ClN4O5S. The number of sulfonamides is 1. The second-order valence-electron chi connectivity index (χ2n) is 6.85. The molecule has 0 saturated heterocycles. The molecule has 0 unspecified atom stereocenters. The van der Waals surface area contributed by atoms with E-state index in [9.17, 15) is 18.0 Å². The lowest BCUT2D eigenvalue weighted by atomic mass is 10.1. The Morgan fingerprint density at radius 2 is 1.94 bits per heavy atom. The number of anilines is 1. The third-order valence-electron chi connectivity index (χ3n) is 4.44. The molecule has 0 saturated carbocycles. The number of nitrogens with one attached hydrogen (secondary N) is 1. The Morgan fingerprint density at radius 1 is 1.18 bits per heavy atom. The molecule has 1 amide bonds. The van der Waals surface area contributed by atoms with Gasteiger partial charge in [-0.1, -0.05) is 17.7 Å². The molecule has 0 atom stereocenters. The van der Waals surface area contributed by atoms with Crippen molar-refractivity contribution in [1.29, 1.82) is 5.26 Å². The molecule has 0 radical (unpaired) electrons. The molecule has 3 N–H and O–H groups in total. The number of aromatic nitrogens is 1. The van der Waals surface area contributed by atoms with Crippen LogP contribution in [0.5, 0.6) is 5.75 Å². The van der Waals surface area contributed by atoms with Crippen LogP contribution in [0.25, 0.3) is 0 Å². The number of hydrogen-bond donors (Lipinski definition) is 2. The molecule has 0 spiro atoms. The molecule has 0 aliphatic carbocycles. The van der Waals surface area contributed by atoms with Crippen molar-refractivity contribution >= 4 is 39.0 Å². The van der Waals surface area contributed by atoms with Crippen LogP contribution in [0, 0.1) is 18.3 Å². The van der Waals surface area contributed by atoms with Crippen LogP contribution in [0.1, 0.15) is 27.3 Å². The van der Waals surface area contributed by atoms with Gasteiger partial charge in [-0.2, -0.15) is 5.26 Å². The Balaban J connectivity index is 1.76. The molecule has 3 aromatic rings. The summed E-state index contributed by atoms with van der Waals surface area (Å²) in [5.41, 5.74) is 1.04. The lowest BCUT2D eigenvalue weighted by Gasteiger charge is -2.13. The summed E-state index contributed by atoms with van der Waals surface area (Å²) < 4.78 is 28.4. The van der Waals surface area contributed by atoms with E-state index in [4.69, 9.17) is 26.7 Å². The second-order valence-corrected chi connectivity index (χ2v) is 8.85. The van der Waals surface area contributed by atoms with E-state index in [0.29, 0.717) is 11.3 Å². The first-order valence-electron chi connectivity index (χ1n) is 9.36. The zero-order valence-electron chi connectivity index (χ0n) is 17.2. The molecule has 33 heavy (non-hydrogen) atoms. The Morgan fingerprint density at radius 3 is 2.61 bits per heavy atom. The highest BCUT2D eigenvalue weighted by Gasteiger charge is 2.18. The fourth-order valence-electron chi connectivity index (χ4n) is 2.85. The first-order valence-corrected chi connectivity index (χ1v) is 11.3. The minimum atomic E-state index is -3.86. The minimum Gasteiger partial charge on any atom is -0.483 e. The molecule has 0 bridgehead atoms. The van der Waals surface area contributed by atoms with Gasteiger partial charge in [0.1, 0.15) is 23.2 Å². The number of carbonyl (C=O) groups excluding carboxylic acids is 2. The number of halogens is 1. The van der Waals surface area contributed by atoms with Crippen LogP contribution < -0.4 is 15.2 Å². The van der Waals surface area contributed by atoms with Gasteiger partial charge in [0, 0.05) is 10.7 Å². The van der Waals surface area contributed by atoms with E-state index in [0.717, 1.165) is 0 Å². The number of nitrogens with two attached hydrogens (primary N) is 1. The number of primary sulfonamides is 1. The summed E-state index contributed by atoms with van der Waals surface area (Å²) in [7, 11) is -3.86. The van der Waals surface area contributed by atoms with E-state index in [1.54, 1.807) is 6.92 Å². The van der Waals surface area contributed by atoms with Crippen molar-refractivity contribution in [3.63, 3.8) is 0 Å². The molecule has 0 aliphatic rings. The number of ketones is 1. The predicted molar refractivity (Wildman–Crippen MR) is 121 cm³/mol. The van der Waals surface area contributed by atoms with E-state index in [1.165, 1.54) is 54.6 Å². The zero-order chi connectivity index (χ0) is 24.2. The summed E-state index contributed by atoms with van der Waals surface area (Å²) >= 11 is 6.03. The van der Waals surface area contributed by atoms with Gasteiger partial charge in [0.25, 0.3) is 5.91 Å². The number of aryl methyl sites for hydroxylation is 1. The average molecular weight is 485 g/mol. The maximum Gasteiger partial charge on any atom is 0.262 e. The predicted octanol–water partition coefficient (Wildman–Crippen LogP) is 2.81. The number of hydrogen-bond acceptors (Lipinski definition) is 7. The topological polar surface area (TPSA) is 152 Å². The molecule has 3 rings (SSSR count). The molecule has 1 heterocycles. The summed E-state index contributed by atoms with van der Waals surface area (Å²) in [5.74, 6) is -0.969. The van der Waals surface area contributed by atoms with Crippen LogP contribution in [0.2, 0.25) is 5.02 Å². The van der Waals surface area contributed by atoms with Crippen LogP contribution in [0.4, 0.5) is 5.69 Å². The smallest absolute Gasteiger partial charge is 0.262 e. The summed E-state index contributed by atoms with van der Waals surface area (Å²) in [6.07, 6.45) is 0. The van der Waals surface area contributed by atoms with Gasteiger partial charge in [0.2, 0.25) is 15.8 Å². The lowest BCUT2D eigenvalue weighted by Crippen LogP contribution is -2.21. The van der Waals surface area contributed by atoms with Gasteiger partial charge in [-0.25, -0.2) is 18.5 Å². The lowest BCUT2D eigenvalue weighted by molar-refractivity contribution is -0.118. The first-order chi connectivity index (χ1) is 15.6. The number of pyridine rings is 1. The normalized spacial score (nSPS) is 10.8. The van der Waals surface area contributed by atoms with Gasteiger partial charge in [-0.05, 0) is 61.0 Å². The van der Waals surface area contributed by atoms with Crippen molar-refractivity contribution in [2.45, 2.75) is 11.8 Å². The largest absolute Gasteiger partial charge is 0.483 e. The third-order valence-corrected chi connectivity index (χ3v) is 5.59. The van der Waals surface area contributed by atoms with Crippen LogP contribution in [-0.4, -0.2) is 31.7 Å². The van der Waals surface area contributed by atoms with Crippen LogP contribution in [0.15, 0.2) is 59.5 Å². The van der Waals surface area contributed by atoms with Gasteiger partial charge >= 0.3 is 0 Å². The fraction of sp³-hybridized carbons (Fsp3) is 0.0909. The molecule has 9 nitrogen and oxygen atoms in total. The first kappa shape index (κ1) is 23.9. The van der Waals surface area contributed by atoms with Crippen molar-refractivity contribution < 1.29 is 22.7 Å². The SMILES string of the molecule is Cc1cc(S(N)(=O)=O)ccc1NC(=O)COc1ccc(Cl)cc1C(=O)c1cccc(C#N)n1. The number of nitriles is 1. The third kappa shape index (κ3) is 5.93. The number of ether oxygens (including phenoxy) is 1. The van der Waals surface area contributed by atoms with Gasteiger partial charge in [-0.15, -0.1) is 0 Å². The standard InChI is InChI=1S/C22H17ClN4O5S/c1-13-9-16(33(25,30)31)6-7-18(13)27-21(28)12-32-20-8-5-14(23)10-17(20)22(29)19-4-2-3-15(11-24)26-19/h2-10H,12H2,1H3,(H,27,28)(H2,25,30,31). The Kier molecular flexibility index (Phi) is 7.08. The summed E-state index contributed by atoms with van der Waals surface area (Å²) in [5, 5.41) is 17.0. The highest BCUT2D eigenvalue weighted by Crippen LogP contribution is 2.26. The Hall–Kier alpha value is -3.78. The highest BCUT2D eigenvalue weighted by atomic mass is 35.5. The molecule has 1 aromatic heterocycles. The van der Waals surface area contributed by atoms with Gasteiger partial charge in [0.05, 0.1) is 10.5 Å². The van der Waals surface area contributed by atoms with E-state index < -0.39 is 28.3 Å². The van der Waals surface area contributed by atoms with Crippen molar-refractivity contribution in [3.8, 4) is 11.8 Å². The summed E-state index contributed by atoms with van der Waals surface area (Å²) in [6, 6.07) is 14.7. The minimum absolute atomic E-state index is 0.0242. The number of benzene rings is 2. The van der Waals surface area contributed by atoms with Crippen LogP contribution in [-0.2, 0) is 14.8 Å². The van der Waals surface area contributed by atoms with Crippen molar-refractivity contribution in [2.75, 3.05) is 11.9 Å². The molecular weight excluding hydrogens is 468 g/mol. The number of nitrogens with zero attached hydrogens (tertiary/aromatic N) is 2. The van der Waals surface area contributed by atoms with Crippen LogP contribution >= 0.6 is 11.6 Å². The molecule has 0 aliphatic heterocycles.